The lowest BCUT2D eigenvalue weighted by Crippen LogP contribution is -2.52. The highest BCUT2D eigenvalue weighted by Crippen LogP contribution is 2.35. The number of fused-ring (bicyclic) bond motifs is 3. The number of nitrogens with one attached hydrogen (secondary N) is 2. The fourth-order valence-corrected chi connectivity index (χ4v) is 5.67. The number of hydrogen-bond acceptors (Lipinski definition) is 6. The molecule has 4 rings (SSSR count). The molecule has 0 radical (unpaired) electrons. The van der Waals surface area contributed by atoms with Crippen molar-refractivity contribution in [3.63, 3.8) is 0 Å². The second-order valence-electron chi connectivity index (χ2n) is 9.76. The molecule has 1 amide bonds. The van der Waals surface area contributed by atoms with E-state index in [-0.39, 0.29) is 35.4 Å². The fourth-order valence-electron chi connectivity index (χ4n) is 5.67. The monoisotopic (exact) mass is 470 g/mol. The summed E-state index contributed by atoms with van der Waals surface area (Å²) in [5.74, 6) is -0.255. The van der Waals surface area contributed by atoms with Crippen LogP contribution in [0.4, 0.5) is 0 Å². The summed E-state index contributed by atoms with van der Waals surface area (Å²) in [6, 6.07) is 10.5. The molecule has 0 aliphatic carbocycles. The van der Waals surface area contributed by atoms with Crippen LogP contribution in [0.5, 0.6) is 0 Å². The number of nitrogens with zero attached hydrogens (tertiary/aromatic N) is 2. The van der Waals surface area contributed by atoms with Gasteiger partial charge in [0.1, 0.15) is 5.56 Å². The van der Waals surface area contributed by atoms with E-state index in [1.165, 1.54) is 0 Å². The third kappa shape index (κ3) is 5.20. The van der Waals surface area contributed by atoms with E-state index >= 15 is 0 Å². The maximum atomic E-state index is 13.2. The van der Waals surface area contributed by atoms with Gasteiger partial charge >= 0.3 is 0 Å². The number of aromatic nitrogens is 1. The molecule has 0 spiro atoms. The summed E-state index contributed by atoms with van der Waals surface area (Å²) in [4.78, 5) is 29.0. The smallest absolute Gasteiger partial charge is 0.264 e. The molecular weight excluding hydrogens is 432 g/mol. The van der Waals surface area contributed by atoms with E-state index in [9.17, 15) is 9.59 Å². The van der Waals surface area contributed by atoms with Crippen LogP contribution >= 0.6 is 0 Å². The Kier molecular flexibility index (Phi) is 8.03. The second kappa shape index (κ2) is 11.0. The van der Waals surface area contributed by atoms with Crippen molar-refractivity contribution >= 4 is 16.8 Å². The van der Waals surface area contributed by atoms with Crippen molar-refractivity contribution in [3.8, 4) is 0 Å². The molecule has 1 aromatic heterocycles. The Bertz CT molecular complexity index is 1030. The maximum absolute atomic E-state index is 13.2. The van der Waals surface area contributed by atoms with Crippen LogP contribution in [0.1, 0.15) is 55.9 Å². The third-order valence-corrected chi connectivity index (χ3v) is 7.31. The van der Waals surface area contributed by atoms with Gasteiger partial charge in [-0.2, -0.15) is 0 Å². The van der Waals surface area contributed by atoms with Crippen LogP contribution in [0, 0.1) is 0 Å². The number of hydrogen-bond donors (Lipinski definition) is 2. The predicted octanol–water partition coefficient (Wildman–Crippen LogP) is 2.52. The topological polar surface area (TPSA) is 84.8 Å². The van der Waals surface area contributed by atoms with Crippen LogP contribution in [-0.2, 0) is 9.47 Å². The molecule has 0 saturated carbocycles. The molecule has 8 nitrogen and oxygen atoms in total. The van der Waals surface area contributed by atoms with Gasteiger partial charge in [-0.05, 0) is 57.0 Å². The van der Waals surface area contributed by atoms with Gasteiger partial charge in [-0.1, -0.05) is 18.2 Å². The standard InChI is InChI=1S/C26H38N4O4/c1-17(2)30-23-8-6-5-7-18(23)13-22(26(30)32)25(31)28-19-14-20-9-10-21(15-19)29(20)12-11-27-16-24(33-3)34-4/h5-8,13,17,19-21,24,27H,9-12,14-16H2,1-4H3,(H,28,31). The number of ether oxygens (including phenoxy) is 2. The number of carbonyl (C=O) groups excluding carboxylic acids is 1. The molecule has 2 saturated heterocycles. The average molecular weight is 471 g/mol. The van der Waals surface area contributed by atoms with Crippen LogP contribution < -0.4 is 16.2 Å². The summed E-state index contributed by atoms with van der Waals surface area (Å²) >= 11 is 0. The Labute approximate surface area is 201 Å². The van der Waals surface area contributed by atoms with Crippen molar-refractivity contribution < 1.29 is 14.3 Å². The van der Waals surface area contributed by atoms with Crippen molar-refractivity contribution in [1.29, 1.82) is 0 Å². The zero-order valence-corrected chi connectivity index (χ0v) is 20.8. The Hall–Kier alpha value is -2.26. The molecule has 186 valence electrons. The van der Waals surface area contributed by atoms with E-state index < -0.39 is 0 Å². The van der Waals surface area contributed by atoms with Gasteiger partial charge in [0.25, 0.3) is 11.5 Å². The summed E-state index contributed by atoms with van der Waals surface area (Å²) in [7, 11) is 3.29. The van der Waals surface area contributed by atoms with Crippen molar-refractivity contribution in [2.45, 2.75) is 70.0 Å². The minimum Gasteiger partial charge on any atom is -0.355 e. The quantitative estimate of drug-likeness (QED) is 0.410. The number of rotatable bonds is 10. The number of benzene rings is 1. The molecule has 2 bridgehead atoms. The molecule has 3 heterocycles. The fraction of sp³-hybridized carbons (Fsp3) is 0.615. The van der Waals surface area contributed by atoms with Crippen molar-refractivity contribution in [2.24, 2.45) is 0 Å². The Morgan fingerprint density at radius 1 is 1.12 bits per heavy atom. The predicted molar refractivity (Wildman–Crippen MR) is 133 cm³/mol. The second-order valence-corrected chi connectivity index (χ2v) is 9.76. The molecule has 2 fully saturated rings. The van der Waals surface area contributed by atoms with Gasteiger partial charge in [0.15, 0.2) is 6.29 Å². The molecule has 2 N–H and O–H groups in total. The molecular formula is C26H38N4O4. The Balaban J connectivity index is 1.39. The van der Waals surface area contributed by atoms with Gasteiger partial charge in [0.05, 0.1) is 5.52 Å². The summed E-state index contributed by atoms with van der Waals surface area (Å²) in [5.41, 5.74) is 0.877. The van der Waals surface area contributed by atoms with Crippen LogP contribution in [0.3, 0.4) is 0 Å². The van der Waals surface area contributed by atoms with Crippen molar-refractivity contribution in [2.75, 3.05) is 33.9 Å². The van der Waals surface area contributed by atoms with Gasteiger partial charge < -0.3 is 24.7 Å². The molecule has 2 unspecified atom stereocenters. The number of amides is 1. The van der Waals surface area contributed by atoms with E-state index in [4.69, 9.17) is 9.47 Å². The van der Waals surface area contributed by atoms with Gasteiger partial charge in [-0.15, -0.1) is 0 Å². The molecule has 2 atom stereocenters. The highest BCUT2D eigenvalue weighted by atomic mass is 16.7. The molecule has 2 aromatic rings. The summed E-state index contributed by atoms with van der Waals surface area (Å²) in [6.07, 6.45) is 3.94. The summed E-state index contributed by atoms with van der Waals surface area (Å²) in [5, 5.41) is 7.51. The lowest BCUT2D eigenvalue weighted by atomic mass is 9.97. The summed E-state index contributed by atoms with van der Waals surface area (Å²) < 4.78 is 12.2. The van der Waals surface area contributed by atoms with E-state index in [0.29, 0.717) is 18.6 Å². The average Bonchev–Trinajstić information content (AvgIpc) is 3.06. The molecule has 34 heavy (non-hydrogen) atoms. The largest absolute Gasteiger partial charge is 0.355 e. The first kappa shape index (κ1) is 24.9. The van der Waals surface area contributed by atoms with Crippen molar-refractivity contribution in [3.05, 3.63) is 46.2 Å². The number of para-hydroxylation sites is 1. The van der Waals surface area contributed by atoms with Gasteiger partial charge in [-0.3, -0.25) is 14.5 Å². The van der Waals surface area contributed by atoms with E-state index in [0.717, 1.165) is 49.7 Å². The Morgan fingerprint density at radius 2 is 1.79 bits per heavy atom. The number of pyridine rings is 1. The highest BCUT2D eigenvalue weighted by Gasteiger charge is 2.40. The third-order valence-electron chi connectivity index (χ3n) is 7.31. The van der Waals surface area contributed by atoms with Gasteiger partial charge in [0.2, 0.25) is 0 Å². The highest BCUT2D eigenvalue weighted by molar-refractivity contribution is 5.97. The maximum Gasteiger partial charge on any atom is 0.264 e. The number of carbonyl (C=O) groups is 1. The van der Waals surface area contributed by atoms with Crippen molar-refractivity contribution in [1.82, 2.24) is 20.1 Å². The first-order valence-corrected chi connectivity index (χ1v) is 12.4. The Morgan fingerprint density at radius 3 is 2.44 bits per heavy atom. The van der Waals surface area contributed by atoms with Crippen LogP contribution in [0.15, 0.2) is 35.1 Å². The number of piperidine rings is 1. The van der Waals surface area contributed by atoms with Gasteiger partial charge in [0, 0.05) is 58.0 Å². The van der Waals surface area contributed by atoms with Crippen LogP contribution in [-0.4, -0.2) is 73.6 Å². The molecule has 2 aliphatic rings. The SMILES string of the molecule is COC(CNCCN1C2CCC1CC(NC(=O)c1cc3ccccc3n(C(C)C)c1=O)C2)OC. The van der Waals surface area contributed by atoms with Crippen LogP contribution in [0.2, 0.25) is 0 Å². The van der Waals surface area contributed by atoms with E-state index in [2.05, 4.69) is 15.5 Å². The molecule has 1 aromatic carbocycles. The van der Waals surface area contributed by atoms with Gasteiger partial charge in [-0.25, -0.2) is 0 Å². The molecule has 2 aliphatic heterocycles. The van der Waals surface area contributed by atoms with E-state index in [1.807, 2.05) is 38.1 Å². The first-order chi connectivity index (χ1) is 16.4. The zero-order valence-electron chi connectivity index (χ0n) is 20.8. The van der Waals surface area contributed by atoms with E-state index in [1.54, 1.807) is 24.9 Å². The first-order valence-electron chi connectivity index (χ1n) is 12.4. The lowest BCUT2D eigenvalue weighted by Gasteiger charge is -2.39. The number of methoxy groups -OCH3 is 2. The summed E-state index contributed by atoms with van der Waals surface area (Å²) in [6.45, 7) is 6.46. The normalized spacial score (nSPS) is 22.7. The van der Waals surface area contributed by atoms with Crippen LogP contribution in [0.25, 0.3) is 10.9 Å². The minimum absolute atomic E-state index is 0.0269. The molecule has 8 heteroatoms. The zero-order chi connectivity index (χ0) is 24.2. The minimum atomic E-state index is -0.255. The lowest BCUT2D eigenvalue weighted by molar-refractivity contribution is -0.0988.